The third kappa shape index (κ3) is 4.88. The molecule has 0 bridgehead atoms. The Hall–Kier alpha value is -2.26. The van der Waals surface area contributed by atoms with Gasteiger partial charge in [0.25, 0.3) is 5.91 Å². The van der Waals surface area contributed by atoms with E-state index in [-0.39, 0.29) is 21.3 Å². The normalized spacial score (nSPS) is 15.9. The molecule has 2 aromatic carbocycles. The molecule has 9 heteroatoms. The number of nitrogens with one attached hydrogen (secondary N) is 1. The van der Waals surface area contributed by atoms with Crippen molar-refractivity contribution in [2.24, 2.45) is 0 Å². The summed E-state index contributed by atoms with van der Waals surface area (Å²) in [6.07, 6.45) is 2.65. The van der Waals surface area contributed by atoms with E-state index in [9.17, 15) is 17.6 Å². The zero-order chi connectivity index (χ0) is 22.7. The summed E-state index contributed by atoms with van der Waals surface area (Å²) in [6, 6.07) is 13.3. The van der Waals surface area contributed by atoms with E-state index in [0.717, 1.165) is 24.1 Å². The van der Waals surface area contributed by atoms with E-state index in [1.54, 1.807) is 12.1 Å². The van der Waals surface area contributed by atoms with Crippen LogP contribution in [0.4, 0.5) is 4.39 Å². The summed E-state index contributed by atoms with van der Waals surface area (Å²) >= 11 is 7.74. The minimum Gasteiger partial charge on any atom is -0.340 e. The molecule has 4 rings (SSSR count). The average molecular weight is 493 g/mol. The van der Waals surface area contributed by atoms with Gasteiger partial charge in [-0.1, -0.05) is 36.2 Å². The summed E-state index contributed by atoms with van der Waals surface area (Å²) in [7, 11) is -3.71. The summed E-state index contributed by atoms with van der Waals surface area (Å²) in [5.74, 6) is -0.878. The summed E-state index contributed by atoms with van der Waals surface area (Å²) in [4.78, 5) is 14.1. The molecule has 0 radical (unpaired) electrons. The predicted octanol–water partition coefficient (Wildman–Crippen LogP) is 5.23. The Morgan fingerprint density at radius 3 is 2.44 bits per heavy atom. The third-order valence-electron chi connectivity index (χ3n) is 5.44. The summed E-state index contributed by atoms with van der Waals surface area (Å²) in [6.45, 7) is 0.940. The first-order valence-electron chi connectivity index (χ1n) is 10.3. The molecule has 1 N–H and O–H groups in total. The summed E-state index contributed by atoms with van der Waals surface area (Å²) < 4.78 is 41.0. The molecule has 1 aromatic heterocycles. The maximum Gasteiger partial charge on any atom is 0.253 e. The van der Waals surface area contributed by atoms with Crippen LogP contribution in [0.3, 0.4) is 0 Å². The van der Waals surface area contributed by atoms with Crippen molar-refractivity contribution in [3.63, 3.8) is 0 Å². The Morgan fingerprint density at radius 1 is 1.06 bits per heavy atom. The van der Waals surface area contributed by atoms with E-state index in [2.05, 4.69) is 5.32 Å². The fraction of sp³-hybridized carbons (Fsp3) is 0.261. The van der Waals surface area contributed by atoms with Gasteiger partial charge in [0.15, 0.2) is 0 Å². The number of hydrogen-bond acceptors (Lipinski definition) is 4. The SMILES string of the molecule is O=C(NC(c1ccc(F)cc1)c1cccs1)c1cc(S(=O)(=O)N2CCCCC2)ccc1Cl. The molecule has 2 heterocycles. The molecule has 5 nitrogen and oxygen atoms in total. The number of rotatable bonds is 6. The number of piperidine rings is 1. The smallest absolute Gasteiger partial charge is 0.253 e. The van der Waals surface area contributed by atoms with Crippen molar-refractivity contribution >= 4 is 38.9 Å². The molecule has 1 saturated heterocycles. The van der Waals surface area contributed by atoms with E-state index >= 15 is 0 Å². The van der Waals surface area contributed by atoms with Gasteiger partial charge in [0.2, 0.25) is 10.0 Å². The number of thiophene rings is 1. The largest absolute Gasteiger partial charge is 0.340 e. The highest BCUT2D eigenvalue weighted by atomic mass is 35.5. The molecule has 0 aliphatic carbocycles. The molecule has 1 unspecified atom stereocenters. The number of hydrogen-bond donors (Lipinski definition) is 1. The lowest BCUT2D eigenvalue weighted by Gasteiger charge is -2.26. The fourth-order valence-corrected chi connectivity index (χ4v) is 6.28. The monoisotopic (exact) mass is 492 g/mol. The molecule has 32 heavy (non-hydrogen) atoms. The molecule has 1 atom stereocenters. The van der Waals surface area contributed by atoms with E-state index in [1.165, 1.54) is 46.0 Å². The Bertz CT molecular complexity index is 1190. The van der Waals surface area contributed by atoms with Crippen LogP contribution in [0.25, 0.3) is 0 Å². The van der Waals surface area contributed by atoms with Crippen molar-refractivity contribution in [2.75, 3.05) is 13.1 Å². The van der Waals surface area contributed by atoms with Gasteiger partial charge in [-0.3, -0.25) is 4.79 Å². The maximum atomic E-state index is 13.4. The van der Waals surface area contributed by atoms with Crippen LogP contribution in [-0.4, -0.2) is 31.7 Å². The predicted molar refractivity (Wildman–Crippen MR) is 124 cm³/mol. The van der Waals surface area contributed by atoms with Crippen molar-refractivity contribution in [3.05, 3.63) is 86.8 Å². The maximum absolute atomic E-state index is 13.4. The zero-order valence-corrected chi connectivity index (χ0v) is 19.5. The van der Waals surface area contributed by atoms with Gasteiger partial charge < -0.3 is 5.32 Å². The van der Waals surface area contributed by atoms with Gasteiger partial charge in [-0.2, -0.15) is 4.31 Å². The highest BCUT2D eigenvalue weighted by Gasteiger charge is 2.28. The Balaban J connectivity index is 1.64. The molecular formula is C23H22ClFN2O3S2. The first-order valence-corrected chi connectivity index (χ1v) is 13.0. The number of nitrogens with zero attached hydrogens (tertiary/aromatic N) is 1. The number of benzene rings is 2. The van der Waals surface area contributed by atoms with Gasteiger partial charge >= 0.3 is 0 Å². The number of carbonyl (C=O) groups excluding carboxylic acids is 1. The van der Waals surface area contributed by atoms with Gasteiger partial charge in [-0.25, -0.2) is 12.8 Å². The second-order valence-corrected chi connectivity index (χ2v) is 10.9. The standard InChI is InChI=1S/C23H22ClFN2O3S2/c24-20-11-10-18(32(29,30)27-12-2-1-3-13-27)15-19(20)23(28)26-22(21-5-4-14-31-21)16-6-8-17(25)9-7-16/h4-11,14-15,22H,1-3,12-13H2,(H,26,28). The molecule has 0 spiro atoms. The highest BCUT2D eigenvalue weighted by Crippen LogP contribution is 2.29. The molecule has 1 aliphatic rings. The lowest BCUT2D eigenvalue weighted by atomic mass is 10.0. The van der Waals surface area contributed by atoms with Crippen LogP contribution < -0.4 is 5.32 Å². The minimum atomic E-state index is -3.71. The van der Waals surface area contributed by atoms with Crippen LogP contribution in [0.1, 0.15) is 46.1 Å². The highest BCUT2D eigenvalue weighted by molar-refractivity contribution is 7.89. The lowest BCUT2D eigenvalue weighted by molar-refractivity contribution is 0.0943. The van der Waals surface area contributed by atoms with E-state index in [0.29, 0.717) is 18.7 Å². The van der Waals surface area contributed by atoms with E-state index < -0.39 is 22.0 Å². The summed E-state index contributed by atoms with van der Waals surface area (Å²) in [5.41, 5.74) is 0.781. The molecule has 1 fully saturated rings. The molecule has 3 aromatic rings. The van der Waals surface area contributed by atoms with Crippen molar-refractivity contribution in [1.82, 2.24) is 9.62 Å². The van der Waals surface area contributed by atoms with Crippen molar-refractivity contribution < 1.29 is 17.6 Å². The van der Waals surface area contributed by atoms with Crippen LogP contribution in [0, 0.1) is 5.82 Å². The molecule has 1 aliphatic heterocycles. The zero-order valence-electron chi connectivity index (χ0n) is 17.1. The van der Waals surface area contributed by atoms with Crippen LogP contribution in [0.5, 0.6) is 0 Å². The van der Waals surface area contributed by atoms with Gasteiger partial charge in [0, 0.05) is 18.0 Å². The van der Waals surface area contributed by atoms with Crippen molar-refractivity contribution in [1.29, 1.82) is 0 Å². The van der Waals surface area contributed by atoms with Gasteiger partial charge in [-0.05, 0) is 60.2 Å². The first kappa shape index (κ1) is 22.9. The second kappa shape index (κ2) is 9.70. The first-order chi connectivity index (χ1) is 15.4. The van der Waals surface area contributed by atoms with Crippen LogP contribution in [0.2, 0.25) is 5.02 Å². The molecule has 0 saturated carbocycles. The molecule has 1 amide bonds. The van der Waals surface area contributed by atoms with E-state index in [1.807, 2.05) is 17.5 Å². The number of carbonyl (C=O) groups is 1. The minimum absolute atomic E-state index is 0.0448. The van der Waals surface area contributed by atoms with Gasteiger partial charge in [-0.15, -0.1) is 11.3 Å². The van der Waals surface area contributed by atoms with Crippen LogP contribution >= 0.6 is 22.9 Å². The van der Waals surface area contributed by atoms with Crippen molar-refractivity contribution in [3.8, 4) is 0 Å². The van der Waals surface area contributed by atoms with Crippen molar-refractivity contribution in [2.45, 2.75) is 30.2 Å². The van der Waals surface area contributed by atoms with Crippen LogP contribution in [-0.2, 0) is 10.0 Å². The fourth-order valence-electron chi connectivity index (χ4n) is 3.73. The third-order valence-corrected chi connectivity index (χ3v) is 8.60. The van der Waals surface area contributed by atoms with Gasteiger partial charge in [0.1, 0.15) is 5.82 Å². The van der Waals surface area contributed by atoms with Crippen LogP contribution in [0.15, 0.2) is 64.9 Å². The van der Waals surface area contributed by atoms with Gasteiger partial charge in [0.05, 0.1) is 21.5 Å². The lowest BCUT2D eigenvalue weighted by Crippen LogP contribution is -2.36. The molecule has 168 valence electrons. The number of amides is 1. The number of sulfonamides is 1. The topological polar surface area (TPSA) is 66.5 Å². The summed E-state index contributed by atoms with van der Waals surface area (Å²) in [5, 5.41) is 4.97. The Labute approximate surface area is 195 Å². The van der Waals surface area contributed by atoms with E-state index in [4.69, 9.17) is 11.6 Å². The number of halogens is 2. The average Bonchev–Trinajstić information content (AvgIpc) is 3.33. The Morgan fingerprint density at radius 2 is 1.78 bits per heavy atom. The Kier molecular flexibility index (Phi) is 6.95. The quantitative estimate of drug-likeness (QED) is 0.512. The molecular weight excluding hydrogens is 471 g/mol. The second-order valence-electron chi connectivity index (χ2n) is 7.58.